The molecule has 120 valence electrons. The summed E-state index contributed by atoms with van der Waals surface area (Å²) in [5, 5.41) is 15.7. The zero-order valence-corrected chi connectivity index (χ0v) is 14.1. The molecule has 2 N–H and O–H groups in total. The van der Waals surface area contributed by atoms with Crippen molar-refractivity contribution in [2.24, 2.45) is 0 Å². The summed E-state index contributed by atoms with van der Waals surface area (Å²) in [5.41, 5.74) is 2.09. The molecule has 2 aromatic rings. The highest BCUT2D eigenvalue weighted by atomic mass is 35.5. The predicted molar refractivity (Wildman–Crippen MR) is 94.3 cm³/mol. The van der Waals surface area contributed by atoms with E-state index in [1.165, 1.54) is 29.8 Å². The van der Waals surface area contributed by atoms with Crippen LogP contribution in [0.15, 0.2) is 35.9 Å². The lowest BCUT2D eigenvalue weighted by atomic mass is 9.98. The third-order valence-corrected chi connectivity index (χ3v) is 4.64. The molecule has 0 radical (unpaired) electrons. The summed E-state index contributed by atoms with van der Waals surface area (Å²) in [4.78, 5) is 11.9. The van der Waals surface area contributed by atoms with E-state index in [0.29, 0.717) is 15.8 Å². The van der Waals surface area contributed by atoms with Crippen molar-refractivity contribution in [3.63, 3.8) is 0 Å². The molecular formula is C16H17ClN4OS. The number of hydrogen-bond donors (Lipinski definition) is 2. The van der Waals surface area contributed by atoms with Crippen molar-refractivity contribution in [1.29, 1.82) is 0 Å². The lowest BCUT2D eigenvalue weighted by Crippen LogP contribution is -2.19. The van der Waals surface area contributed by atoms with E-state index < -0.39 is 0 Å². The lowest BCUT2D eigenvalue weighted by Gasteiger charge is -2.10. The molecule has 7 heteroatoms. The van der Waals surface area contributed by atoms with E-state index in [-0.39, 0.29) is 6.03 Å². The van der Waals surface area contributed by atoms with Gasteiger partial charge in [-0.1, -0.05) is 34.6 Å². The number of hydrogen-bond acceptors (Lipinski definition) is 4. The highest BCUT2D eigenvalue weighted by Gasteiger charge is 2.11. The van der Waals surface area contributed by atoms with Gasteiger partial charge in [0.2, 0.25) is 5.13 Å². The van der Waals surface area contributed by atoms with Gasteiger partial charge in [-0.3, -0.25) is 5.32 Å². The number of rotatable bonds is 4. The maximum atomic E-state index is 11.9. The fraction of sp³-hybridized carbons (Fsp3) is 0.312. The summed E-state index contributed by atoms with van der Waals surface area (Å²) in [6.45, 7) is 0. The molecule has 0 atom stereocenters. The molecular weight excluding hydrogens is 332 g/mol. The van der Waals surface area contributed by atoms with E-state index in [9.17, 15) is 4.79 Å². The number of carbonyl (C=O) groups is 1. The van der Waals surface area contributed by atoms with Crippen LogP contribution >= 0.6 is 22.9 Å². The van der Waals surface area contributed by atoms with Crippen molar-refractivity contribution in [2.75, 3.05) is 10.6 Å². The van der Waals surface area contributed by atoms with Gasteiger partial charge in [-0.25, -0.2) is 4.79 Å². The van der Waals surface area contributed by atoms with Crippen LogP contribution in [0, 0.1) is 0 Å². The average molecular weight is 349 g/mol. The minimum Gasteiger partial charge on any atom is -0.308 e. The monoisotopic (exact) mass is 348 g/mol. The Labute approximate surface area is 143 Å². The Morgan fingerprint density at radius 2 is 2.00 bits per heavy atom. The highest BCUT2D eigenvalue weighted by molar-refractivity contribution is 7.15. The molecule has 0 aliphatic heterocycles. The van der Waals surface area contributed by atoms with Crippen molar-refractivity contribution in [1.82, 2.24) is 10.2 Å². The Balaban J connectivity index is 1.54. The molecule has 1 heterocycles. The number of nitrogens with one attached hydrogen (secondary N) is 2. The van der Waals surface area contributed by atoms with Crippen LogP contribution in [-0.2, 0) is 6.42 Å². The van der Waals surface area contributed by atoms with Gasteiger partial charge in [0.25, 0.3) is 0 Å². The lowest BCUT2D eigenvalue weighted by molar-refractivity contribution is 0.262. The van der Waals surface area contributed by atoms with Crippen molar-refractivity contribution >= 4 is 39.8 Å². The van der Waals surface area contributed by atoms with Crippen LogP contribution in [0.5, 0.6) is 0 Å². The maximum absolute atomic E-state index is 11.9. The number of allylic oxidation sites excluding steroid dienone is 2. The van der Waals surface area contributed by atoms with Gasteiger partial charge >= 0.3 is 6.03 Å². The van der Waals surface area contributed by atoms with Crippen molar-refractivity contribution in [3.8, 4) is 0 Å². The fourth-order valence-corrected chi connectivity index (χ4v) is 3.34. The Morgan fingerprint density at radius 3 is 2.74 bits per heavy atom. The SMILES string of the molecule is O=C(Nc1ccc(Cl)cc1)Nc1nnc(CC2=CCCCC2)s1. The second kappa shape index (κ2) is 7.57. The van der Waals surface area contributed by atoms with E-state index in [1.807, 2.05) is 0 Å². The van der Waals surface area contributed by atoms with E-state index in [4.69, 9.17) is 11.6 Å². The maximum Gasteiger partial charge on any atom is 0.325 e. The Hall–Kier alpha value is -1.92. The molecule has 0 saturated heterocycles. The quantitative estimate of drug-likeness (QED) is 0.774. The van der Waals surface area contributed by atoms with Gasteiger partial charge < -0.3 is 5.32 Å². The summed E-state index contributed by atoms with van der Waals surface area (Å²) in [6, 6.07) is 6.58. The van der Waals surface area contributed by atoms with Gasteiger partial charge in [-0.05, 0) is 49.9 Å². The van der Waals surface area contributed by atoms with E-state index >= 15 is 0 Å². The Morgan fingerprint density at radius 1 is 1.17 bits per heavy atom. The molecule has 1 aliphatic rings. The number of anilines is 2. The molecule has 2 amide bonds. The van der Waals surface area contributed by atoms with Crippen LogP contribution < -0.4 is 10.6 Å². The van der Waals surface area contributed by atoms with Gasteiger partial charge in [0.1, 0.15) is 5.01 Å². The van der Waals surface area contributed by atoms with Gasteiger partial charge in [0, 0.05) is 17.1 Å². The van der Waals surface area contributed by atoms with Crippen molar-refractivity contribution in [3.05, 3.63) is 45.9 Å². The summed E-state index contributed by atoms with van der Waals surface area (Å²) >= 11 is 7.22. The van der Waals surface area contributed by atoms with Crippen molar-refractivity contribution in [2.45, 2.75) is 32.1 Å². The molecule has 1 aromatic heterocycles. The molecule has 0 fully saturated rings. The number of halogens is 1. The summed E-state index contributed by atoms with van der Waals surface area (Å²) in [7, 11) is 0. The van der Waals surface area contributed by atoms with Crippen LogP contribution in [0.2, 0.25) is 5.02 Å². The summed E-state index contributed by atoms with van der Waals surface area (Å²) in [5.74, 6) is 0. The van der Waals surface area contributed by atoms with E-state index in [0.717, 1.165) is 24.3 Å². The Bertz CT molecular complexity index is 711. The molecule has 0 spiro atoms. The third-order valence-electron chi connectivity index (χ3n) is 3.55. The second-order valence-electron chi connectivity index (χ2n) is 5.37. The highest BCUT2D eigenvalue weighted by Crippen LogP contribution is 2.24. The average Bonchev–Trinajstić information content (AvgIpc) is 2.97. The first-order chi connectivity index (χ1) is 11.2. The van der Waals surface area contributed by atoms with Crippen LogP contribution in [-0.4, -0.2) is 16.2 Å². The number of aromatic nitrogens is 2. The minimum atomic E-state index is -0.341. The molecule has 0 saturated carbocycles. The minimum absolute atomic E-state index is 0.341. The predicted octanol–water partition coefficient (Wildman–Crippen LogP) is 4.88. The van der Waals surface area contributed by atoms with Gasteiger partial charge in [-0.2, -0.15) is 0 Å². The zero-order valence-electron chi connectivity index (χ0n) is 12.5. The number of nitrogens with zero attached hydrogens (tertiary/aromatic N) is 2. The second-order valence-corrected chi connectivity index (χ2v) is 6.87. The van der Waals surface area contributed by atoms with Crippen LogP contribution in [0.25, 0.3) is 0 Å². The van der Waals surface area contributed by atoms with Crippen LogP contribution in [0.1, 0.15) is 30.7 Å². The zero-order chi connectivity index (χ0) is 16.1. The number of urea groups is 1. The molecule has 3 rings (SSSR count). The molecule has 1 aliphatic carbocycles. The molecule has 1 aromatic carbocycles. The molecule has 5 nitrogen and oxygen atoms in total. The smallest absolute Gasteiger partial charge is 0.308 e. The van der Waals surface area contributed by atoms with Gasteiger partial charge in [0.05, 0.1) is 0 Å². The first-order valence-corrected chi connectivity index (χ1v) is 8.72. The van der Waals surface area contributed by atoms with E-state index in [2.05, 4.69) is 26.9 Å². The fourth-order valence-electron chi connectivity index (χ4n) is 2.43. The first kappa shape index (κ1) is 16.0. The summed E-state index contributed by atoms with van der Waals surface area (Å²) in [6.07, 6.45) is 7.95. The largest absolute Gasteiger partial charge is 0.325 e. The summed E-state index contributed by atoms with van der Waals surface area (Å²) < 4.78 is 0. The molecule has 23 heavy (non-hydrogen) atoms. The number of carbonyl (C=O) groups excluding carboxylic acids is 1. The number of benzene rings is 1. The topological polar surface area (TPSA) is 66.9 Å². The van der Waals surface area contributed by atoms with Gasteiger partial charge in [-0.15, -0.1) is 10.2 Å². The molecule has 0 unspecified atom stereocenters. The first-order valence-electron chi connectivity index (χ1n) is 7.53. The van der Waals surface area contributed by atoms with Crippen molar-refractivity contribution < 1.29 is 4.79 Å². The van der Waals surface area contributed by atoms with Crippen LogP contribution in [0.3, 0.4) is 0 Å². The number of amides is 2. The van der Waals surface area contributed by atoms with Gasteiger partial charge in [0.15, 0.2) is 0 Å². The molecule has 0 bridgehead atoms. The standard InChI is InChI=1S/C16H17ClN4OS/c17-12-6-8-13(9-7-12)18-15(22)19-16-21-20-14(23-16)10-11-4-2-1-3-5-11/h4,6-9H,1-3,5,10H2,(H2,18,19,21,22). The Kier molecular flexibility index (Phi) is 5.25. The normalized spacial score (nSPS) is 14.2. The van der Waals surface area contributed by atoms with Crippen LogP contribution in [0.4, 0.5) is 15.6 Å². The third kappa shape index (κ3) is 4.77. The van der Waals surface area contributed by atoms with E-state index in [1.54, 1.807) is 24.3 Å².